The van der Waals surface area contributed by atoms with E-state index in [2.05, 4.69) is 20.3 Å². The summed E-state index contributed by atoms with van der Waals surface area (Å²) >= 11 is 0. The number of pyridine rings is 1. The number of hydrogen-bond donors (Lipinski definition) is 2. The van der Waals surface area contributed by atoms with E-state index in [1.807, 2.05) is 12.1 Å². The van der Waals surface area contributed by atoms with Crippen molar-refractivity contribution >= 4 is 23.1 Å². The van der Waals surface area contributed by atoms with Gasteiger partial charge in [0, 0.05) is 12.2 Å². The number of aliphatic hydroxyl groups is 1. The maximum absolute atomic E-state index is 12.7. The average molecular weight is 377 g/mol. The zero-order chi connectivity index (χ0) is 19.0. The molecule has 1 fully saturated rings. The Morgan fingerprint density at radius 2 is 1.93 bits per heavy atom. The van der Waals surface area contributed by atoms with Gasteiger partial charge >= 0.3 is 6.18 Å². The Morgan fingerprint density at radius 3 is 2.63 bits per heavy atom. The second-order valence-electron chi connectivity index (χ2n) is 6.46. The lowest BCUT2D eigenvalue weighted by Crippen LogP contribution is -2.33. The van der Waals surface area contributed by atoms with Crippen LogP contribution in [0, 0.1) is 0 Å². The number of alkyl halides is 3. The first-order chi connectivity index (χ1) is 13.0. The molecule has 0 saturated carbocycles. The van der Waals surface area contributed by atoms with Crippen molar-refractivity contribution in [2.45, 2.75) is 25.1 Å². The van der Waals surface area contributed by atoms with Gasteiger partial charge in [-0.15, -0.1) is 5.10 Å². The van der Waals surface area contributed by atoms with Crippen molar-refractivity contribution in [3.8, 4) is 0 Å². The molecule has 3 heterocycles. The molecule has 4 rings (SSSR count). The highest BCUT2D eigenvalue weighted by atomic mass is 19.4. The maximum atomic E-state index is 12.7. The minimum atomic E-state index is -4.37. The summed E-state index contributed by atoms with van der Waals surface area (Å²) in [6.45, 7) is 0.896. The molecule has 1 aliphatic heterocycles. The number of nitrogens with zero attached hydrogens (tertiary/aromatic N) is 4. The quantitative estimate of drug-likeness (QED) is 0.729. The first-order valence-electron chi connectivity index (χ1n) is 8.63. The third kappa shape index (κ3) is 3.42. The van der Waals surface area contributed by atoms with Crippen LogP contribution in [0.3, 0.4) is 0 Å². The van der Waals surface area contributed by atoms with E-state index in [0.717, 1.165) is 37.3 Å². The predicted octanol–water partition coefficient (Wildman–Crippen LogP) is 3.45. The Balaban J connectivity index is 1.61. The lowest BCUT2D eigenvalue weighted by molar-refractivity contribution is -0.137. The summed E-state index contributed by atoms with van der Waals surface area (Å²) in [5, 5.41) is 16.9. The number of anilines is 3. The van der Waals surface area contributed by atoms with E-state index < -0.39 is 11.7 Å². The molecule has 0 amide bonds. The molecule has 6 nitrogen and oxygen atoms in total. The number of hydrogen-bond acceptors (Lipinski definition) is 5. The highest BCUT2D eigenvalue weighted by molar-refractivity contribution is 5.59. The molecule has 0 radical (unpaired) electrons. The van der Waals surface area contributed by atoms with Gasteiger partial charge in [-0.05, 0) is 49.2 Å². The predicted molar refractivity (Wildman–Crippen MR) is 95.2 cm³/mol. The van der Waals surface area contributed by atoms with Gasteiger partial charge in [0.15, 0.2) is 5.65 Å². The van der Waals surface area contributed by atoms with Gasteiger partial charge in [0.1, 0.15) is 5.82 Å². The number of rotatable bonds is 4. The molecule has 1 aromatic carbocycles. The van der Waals surface area contributed by atoms with E-state index in [4.69, 9.17) is 0 Å². The Morgan fingerprint density at radius 1 is 1.15 bits per heavy atom. The van der Waals surface area contributed by atoms with Crippen LogP contribution in [0.1, 0.15) is 18.4 Å². The molecule has 1 aliphatic rings. The molecule has 142 valence electrons. The summed E-state index contributed by atoms with van der Waals surface area (Å²) < 4.78 is 39.7. The number of halogens is 3. The summed E-state index contributed by atoms with van der Waals surface area (Å²) in [7, 11) is 0. The van der Waals surface area contributed by atoms with Crippen LogP contribution in [0.5, 0.6) is 0 Å². The van der Waals surface area contributed by atoms with Gasteiger partial charge in [0.05, 0.1) is 18.2 Å². The molecule has 3 aromatic rings. The van der Waals surface area contributed by atoms with Crippen LogP contribution in [0.25, 0.3) is 5.65 Å². The average Bonchev–Trinajstić information content (AvgIpc) is 3.27. The summed E-state index contributed by atoms with van der Waals surface area (Å²) in [5.74, 6) is 1.12. The van der Waals surface area contributed by atoms with Gasteiger partial charge in [-0.3, -0.25) is 0 Å². The van der Waals surface area contributed by atoms with Crippen LogP contribution in [-0.4, -0.2) is 38.9 Å². The van der Waals surface area contributed by atoms with Crippen LogP contribution in [0.15, 0.2) is 42.5 Å². The fourth-order valence-corrected chi connectivity index (χ4v) is 3.36. The standard InChI is InChI=1S/C18H18F3N5O/c19-18(20,21)12-6-8-13(9-7-12)22-17-23-15-4-1-5-16(26(15)24-17)25-10-2-3-14(25)11-27/h1,4-9,14,27H,2-3,10-11H2,(H,22,24). The van der Waals surface area contributed by atoms with Gasteiger partial charge < -0.3 is 15.3 Å². The second kappa shape index (κ2) is 6.73. The normalized spacial score (nSPS) is 17.6. The van der Waals surface area contributed by atoms with E-state index in [1.54, 1.807) is 10.6 Å². The van der Waals surface area contributed by atoms with Crippen molar-refractivity contribution in [2.75, 3.05) is 23.4 Å². The van der Waals surface area contributed by atoms with Gasteiger partial charge in [-0.25, -0.2) is 0 Å². The van der Waals surface area contributed by atoms with Crippen LogP contribution in [-0.2, 0) is 6.18 Å². The molecular formula is C18H18F3N5O. The topological polar surface area (TPSA) is 65.7 Å². The third-order valence-corrected chi connectivity index (χ3v) is 4.69. The van der Waals surface area contributed by atoms with Crippen LogP contribution in [0.2, 0.25) is 0 Å². The van der Waals surface area contributed by atoms with Crippen molar-refractivity contribution in [1.29, 1.82) is 0 Å². The van der Waals surface area contributed by atoms with Crippen molar-refractivity contribution in [3.63, 3.8) is 0 Å². The van der Waals surface area contributed by atoms with Gasteiger partial charge in [-0.1, -0.05) is 6.07 Å². The lowest BCUT2D eigenvalue weighted by Gasteiger charge is -2.25. The highest BCUT2D eigenvalue weighted by Gasteiger charge is 2.30. The first-order valence-corrected chi connectivity index (χ1v) is 8.63. The van der Waals surface area contributed by atoms with Crippen molar-refractivity contribution in [2.24, 2.45) is 0 Å². The third-order valence-electron chi connectivity index (χ3n) is 4.69. The molecule has 1 saturated heterocycles. The Bertz CT molecular complexity index is 938. The lowest BCUT2D eigenvalue weighted by atomic mass is 10.2. The number of fused-ring (bicyclic) bond motifs is 1. The van der Waals surface area contributed by atoms with Gasteiger partial charge in [-0.2, -0.15) is 22.7 Å². The molecule has 1 unspecified atom stereocenters. The van der Waals surface area contributed by atoms with E-state index in [9.17, 15) is 18.3 Å². The zero-order valence-corrected chi connectivity index (χ0v) is 14.3. The van der Waals surface area contributed by atoms with Crippen LogP contribution in [0.4, 0.5) is 30.6 Å². The van der Waals surface area contributed by atoms with Crippen molar-refractivity contribution in [1.82, 2.24) is 14.6 Å². The summed E-state index contributed by atoms with van der Waals surface area (Å²) in [5.41, 5.74) is 0.378. The Labute approximate surface area is 153 Å². The molecule has 0 aliphatic carbocycles. The monoisotopic (exact) mass is 377 g/mol. The van der Waals surface area contributed by atoms with Crippen molar-refractivity contribution < 1.29 is 18.3 Å². The number of aromatic nitrogens is 3. The second-order valence-corrected chi connectivity index (χ2v) is 6.46. The Kier molecular flexibility index (Phi) is 4.39. The minimum absolute atomic E-state index is 0.0473. The highest BCUT2D eigenvalue weighted by Crippen LogP contribution is 2.30. The molecule has 0 spiro atoms. The van der Waals surface area contributed by atoms with E-state index >= 15 is 0 Å². The zero-order valence-electron chi connectivity index (χ0n) is 14.3. The fraction of sp³-hybridized carbons (Fsp3) is 0.333. The SMILES string of the molecule is OCC1CCCN1c1cccc2nc(Nc3ccc(C(F)(F)F)cc3)nn12. The largest absolute Gasteiger partial charge is 0.416 e. The molecular weight excluding hydrogens is 359 g/mol. The first kappa shape index (κ1) is 17.6. The summed E-state index contributed by atoms with van der Waals surface area (Å²) in [6.07, 6.45) is -2.46. The van der Waals surface area contributed by atoms with Crippen LogP contribution < -0.4 is 10.2 Å². The summed E-state index contributed by atoms with van der Waals surface area (Å²) in [4.78, 5) is 6.49. The fourth-order valence-electron chi connectivity index (χ4n) is 3.36. The number of benzene rings is 1. The maximum Gasteiger partial charge on any atom is 0.416 e. The molecule has 2 aromatic heterocycles. The van der Waals surface area contributed by atoms with Crippen LogP contribution >= 0.6 is 0 Å². The molecule has 9 heteroatoms. The van der Waals surface area contributed by atoms with E-state index in [0.29, 0.717) is 17.3 Å². The Hall–Kier alpha value is -2.81. The van der Waals surface area contributed by atoms with Gasteiger partial charge in [0.2, 0.25) is 5.95 Å². The molecule has 0 bridgehead atoms. The molecule has 27 heavy (non-hydrogen) atoms. The minimum Gasteiger partial charge on any atom is -0.394 e. The van der Waals surface area contributed by atoms with Crippen molar-refractivity contribution in [3.05, 3.63) is 48.0 Å². The molecule has 1 atom stereocenters. The van der Waals surface area contributed by atoms with E-state index in [1.165, 1.54) is 12.1 Å². The number of nitrogens with one attached hydrogen (secondary N) is 1. The van der Waals surface area contributed by atoms with Gasteiger partial charge in [0.25, 0.3) is 0 Å². The summed E-state index contributed by atoms with van der Waals surface area (Å²) in [6, 6.07) is 10.4. The molecule has 2 N–H and O–H groups in total. The smallest absolute Gasteiger partial charge is 0.394 e. The number of aliphatic hydroxyl groups excluding tert-OH is 1. The van der Waals surface area contributed by atoms with E-state index in [-0.39, 0.29) is 12.6 Å².